The monoisotopic (exact) mass is 399 g/mol. The van der Waals surface area contributed by atoms with E-state index >= 15 is 0 Å². The van der Waals surface area contributed by atoms with Crippen molar-refractivity contribution in [1.29, 1.82) is 0 Å². The van der Waals surface area contributed by atoms with Crippen LogP contribution in [0.5, 0.6) is 11.6 Å². The zero-order chi connectivity index (χ0) is 20.7. The zero-order valence-corrected chi connectivity index (χ0v) is 18.0. The molecule has 0 aliphatic heterocycles. The number of hydrogen-bond acceptors (Lipinski definition) is 5. The normalized spacial score (nSPS) is 12.2. The van der Waals surface area contributed by atoms with Crippen molar-refractivity contribution in [2.75, 3.05) is 7.11 Å². The van der Waals surface area contributed by atoms with E-state index in [1.54, 1.807) is 6.07 Å². The molecule has 0 radical (unpaired) electrons. The van der Waals surface area contributed by atoms with Gasteiger partial charge in [0.25, 0.3) is 14.2 Å². The number of aromatic carboxylic acids is 1. The number of furan rings is 1. The van der Waals surface area contributed by atoms with Crippen LogP contribution in [-0.2, 0) is 0 Å². The Hall–Kier alpha value is -2.80. The minimum Gasteiger partial charge on any atom is -0.543 e. The summed E-state index contributed by atoms with van der Waals surface area (Å²) in [6.07, 6.45) is 1.28. The van der Waals surface area contributed by atoms with Crippen molar-refractivity contribution in [1.82, 2.24) is 4.98 Å². The molecule has 0 aliphatic rings. The standard InChI is InChI=1S/C21H25NO5Si/c1-21(2,3)28(5,6)27-16-10-8-7-9-13(16)17-11-14-15(20(23)24)12-22-19(25-4)18(14)26-17/h7-12H,1-6H3,(H,23,24). The van der Waals surface area contributed by atoms with Crippen molar-refractivity contribution in [3.05, 3.63) is 42.1 Å². The molecule has 148 valence electrons. The van der Waals surface area contributed by atoms with Gasteiger partial charge in [0.2, 0.25) is 0 Å². The Bertz CT molecular complexity index is 1030. The largest absolute Gasteiger partial charge is 0.543 e. The van der Waals surface area contributed by atoms with Crippen molar-refractivity contribution < 1.29 is 23.5 Å². The van der Waals surface area contributed by atoms with Crippen LogP contribution in [0.15, 0.2) is 40.9 Å². The Kier molecular flexibility index (Phi) is 4.97. The van der Waals surface area contributed by atoms with Crippen LogP contribution >= 0.6 is 0 Å². The van der Waals surface area contributed by atoms with E-state index in [0.29, 0.717) is 16.7 Å². The van der Waals surface area contributed by atoms with E-state index in [9.17, 15) is 9.90 Å². The zero-order valence-electron chi connectivity index (χ0n) is 17.0. The van der Waals surface area contributed by atoms with E-state index < -0.39 is 14.3 Å². The van der Waals surface area contributed by atoms with Crippen molar-refractivity contribution in [3.63, 3.8) is 0 Å². The number of rotatable bonds is 5. The Morgan fingerprint density at radius 3 is 2.50 bits per heavy atom. The number of hydrogen-bond donors (Lipinski definition) is 1. The van der Waals surface area contributed by atoms with E-state index in [-0.39, 0.29) is 16.5 Å². The van der Waals surface area contributed by atoms with Gasteiger partial charge in [-0.1, -0.05) is 32.9 Å². The maximum absolute atomic E-state index is 11.6. The number of pyridine rings is 1. The first-order chi connectivity index (χ1) is 13.0. The molecule has 0 bridgehead atoms. The SMILES string of the molecule is COc1ncc(C(=O)O)c2cc(-c3ccccc3O[Si](C)(C)C(C)(C)C)oc12. The fourth-order valence-corrected chi connectivity index (χ4v) is 3.67. The Morgan fingerprint density at radius 1 is 1.21 bits per heavy atom. The minimum atomic E-state index is -2.07. The first kappa shape index (κ1) is 19.9. The molecule has 28 heavy (non-hydrogen) atoms. The molecule has 1 N–H and O–H groups in total. The molecule has 3 aromatic rings. The number of carboxylic acid groups (broad SMARTS) is 1. The van der Waals surface area contributed by atoms with Crippen LogP contribution in [0, 0.1) is 0 Å². The summed E-state index contributed by atoms with van der Waals surface area (Å²) < 4.78 is 17.7. The summed E-state index contributed by atoms with van der Waals surface area (Å²) in [6, 6.07) is 9.34. The molecule has 3 rings (SSSR count). The lowest BCUT2D eigenvalue weighted by Crippen LogP contribution is -2.43. The Balaban J connectivity index is 2.16. The summed E-state index contributed by atoms with van der Waals surface area (Å²) in [4.78, 5) is 15.6. The molecule has 0 unspecified atom stereocenters. The third-order valence-corrected chi connectivity index (χ3v) is 9.62. The lowest BCUT2D eigenvalue weighted by Gasteiger charge is -2.36. The van der Waals surface area contributed by atoms with Gasteiger partial charge >= 0.3 is 5.97 Å². The van der Waals surface area contributed by atoms with E-state index in [0.717, 1.165) is 11.3 Å². The number of fused-ring (bicyclic) bond motifs is 1. The summed E-state index contributed by atoms with van der Waals surface area (Å²) in [5.74, 6) is 0.405. The predicted molar refractivity (Wildman–Crippen MR) is 111 cm³/mol. The fraction of sp³-hybridized carbons (Fsp3) is 0.333. The highest BCUT2D eigenvalue weighted by Gasteiger charge is 2.39. The van der Waals surface area contributed by atoms with Crippen LogP contribution in [0.2, 0.25) is 18.1 Å². The van der Waals surface area contributed by atoms with Gasteiger partial charge in [0.1, 0.15) is 11.5 Å². The highest BCUT2D eigenvalue weighted by molar-refractivity contribution is 6.74. The number of aromatic nitrogens is 1. The van der Waals surface area contributed by atoms with E-state index in [1.165, 1.54) is 13.3 Å². The maximum Gasteiger partial charge on any atom is 0.338 e. The molecule has 0 amide bonds. The van der Waals surface area contributed by atoms with Gasteiger partial charge in [-0.25, -0.2) is 9.78 Å². The highest BCUT2D eigenvalue weighted by Crippen LogP contribution is 2.42. The van der Waals surface area contributed by atoms with E-state index in [2.05, 4.69) is 38.8 Å². The smallest absolute Gasteiger partial charge is 0.338 e. The van der Waals surface area contributed by atoms with Crippen LogP contribution in [-0.4, -0.2) is 31.5 Å². The summed E-state index contributed by atoms with van der Waals surface area (Å²) in [5.41, 5.74) is 1.13. The van der Waals surface area contributed by atoms with Crippen molar-refractivity contribution in [2.45, 2.75) is 38.9 Å². The first-order valence-electron chi connectivity index (χ1n) is 9.03. The summed E-state index contributed by atoms with van der Waals surface area (Å²) >= 11 is 0. The molecule has 0 spiro atoms. The Labute approximate surface area is 165 Å². The number of carboxylic acids is 1. The van der Waals surface area contributed by atoms with Gasteiger partial charge in [-0.15, -0.1) is 0 Å². The number of methoxy groups -OCH3 is 1. The van der Waals surface area contributed by atoms with Crippen LogP contribution in [0.1, 0.15) is 31.1 Å². The first-order valence-corrected chi connectivity index (χ1v) is 11.9. The second kappa shape index (κ2) is 6.98. The summed E-state index contributed by atoms with van der Waals surface area (Å²) in [6.45, 7) is 10.9. The second-order valence-corrected chi connectivity index (χ2v) is 12.9. The topological polar surface area (TPSA) is 81.8 Å². The maximum atomic E-state index is 11.6. The molecule has 0 fully saturated rings. The highest BCUT2D eigenvalue weighted by atomic mass is 28.4. The predicted octanol–water partition coefficient (Wildman–Crippen LogP) is 5.59. The third-order valence-electron chi connectivity index (χ3n) is 5.27. The number of ether oxygens (including phenoxy) is 1. The molecule has 6 nitrogen and oxygen atoms in total. The van der Waals surface area contributed by atoms with Gasteiger partial charge in [-0.2, -0.15) is 0 Å². The van der Waals surface area contributed by atoms with Gasteiger partial charge < -0.3 is 18.7 Å². The van der Waals surface area contributed by atoms with Crippen molar-refractivity contribution in [3.8, 4) is 23.0 Å². The Morgan fingerprint density at radius 2 is 1.89 bits per heavy atom. The molecule has 2 aromatic heterocycles. The van der Waals surface area contributed by atoms with Crippen molar-refractivity contribution in [2.24, 2.45) is 0 Å². The lowest BCUT2D eigenvalue weighted by atomic mass is 10.1. The van der Waals surface area contributed by atoms with Crippen LogP contribution in [0.4, 0.5) is 0 Å². The van der Waals surface area contributed by atoms with E-state index in [1.807, 2.05) is 24.3 Å². The summed E-state index contributed by atoms with van der Waals surface area (Å²) in [5, 5.41) is 9.96. The van der Waals surface area contributed by atoms with Gasteiger partial charge in [0, 0.05) is 11.6 Å². The van der Waals surface area contributed by atoms with E-state index in [4.69, 9.17) is 13.6 Å². The van der Waals surface area contributed by atoms with Gasteiger partial charge in [0.15, 0.2) is 5.58 Å². The minimum absolute atomic E-state index is 0.0393. The van der Waals surface area contributed by atoms with Gasteiger partial charge in [-0.3, -0.25) is 0 Å². The van der Waals surface area contributed by atoms with Crippen molar-refractivity contribution >= 4 is 25.3 Å². The van der Waals surface area contributed by atoms with Crippen LogP contribution in [0.3, 0.4) is 0 Å². The molecular formula is C21H25NO5Si. The molecule has 0 saturated heterocycles. The second-order valence-electron chi connectivity index (χ2n) is 8.20. The number of benzene rings is 1. The number of nitrogens with zero attached hydrogens (tertiary/aromatic N) is 1. The van der Waals surface area contributed by atoms with Crippen LogP contribution in [0.25, 0.3) is 22.3 Å². The fourth-order valence-electron chi connectivity index (χ4n) is 2.64. The van der Waals surface area contributed by atoms with Gasteiger partial charge in [0.05, 0.1) is 18.2 Å². The number of para-hydroxylation sites is 1. The summed E-state index contributed by atoms with van der Waals surface area (Å²) in [7, 11) is -0.597. The molecule has 2 heterocycles. The number of carbonyl (C=O) groups is 1. The molecule has 0 saturated carbocycles. The van der Waals surface area contributed by atoms with Crippen LogP contribution < -0.4 is 9.16 Å². The van der Waals surface area contributed by atoms with Gasteiger partial charge in [-0.05, 0) is 36.3 Å². The lowest BCUT2D eigenvalue weighted by molar-refractivity contribution is 0.0698. The molecule has 0 atom stereocenters. The molecule has 1 aromatic carbocycles. The molecule has 7 heteroatoms. The quantitative estimate of drug-likeness (QED) is 0.564. The molecular weight excluding hydrogens is 374 g/mol. The third kappa shape index (κ3) is 3.49. The average molecular weight is 400 g/mol. The molecule has 0 aliphatic carbocycles. The average Bonchev–Trinajstić information content (AvgIpc) is 3.04.